The van der Waals surface area contributed by atoms with Gasteiger partial charge in [-0.1, -0.05) is 42.5 Å². The molecule has 3 rings (SSSR count). The van der Waals surface area contributed by atoms with Gasteiger partial charge in [0.25, 0.3) is 0 Å². The molecule has 0 radical (unpaired) electrons. The zero-order valence-corrected chi connectivity index (χ0v) is 13.3. The molecule has 0 saturated carbocycles. The number of ether oxygens (including phenoxy) is 1. The van der Waals surface area contributed by atoms with Crippen LogP contribution in [0.15, 0.2) is 59.5 Å². The Balaban J connectivity index is 1.82. The molecule has 2 atom stereocenters. The predicted molar refractivity (Wildman–Crippen MR) is 89.1 cm³/mol. The molecule has 4 heteroatoms. The first-order valence-corrected chi connectivity index (χ1v) is 8.38. The number of nitrogens with one attached hydrogen (secondary N) is 1. The van der Waals surface area contributed by atoms with Crippen molar-refractivity contribution in [2.75, 3.05) is 6.61 Å². The lowest BCUT2D eigenvalue weighted by Crippen LogP contribution is -2.37. The summed E-state index contributed by atoms with van der Waals surface area (Å²) in [4.78, 5) is 13.0. The van der Waals surface area contributed by atoms with Crippen LogP contribution in [0.5, 0.6) is 0 Å². The lowest BCUT2D eigenvalue weighted by molar-refractivity contribution is 0.148. The minimum absolute atomic E-state index is 0.0571. The van der Waals surface area contributed by atoms with Crippen molar-refractivity contribution in [3.05, 3.63) is 65.7 Å². The average Bonchev–Trinajstić information content (AvgIpc) is 2.86. The van der Waals surface area contributed by atoms with Gasteiger partial charge in [-0.2, -0.15) is 0 Å². The summed E-state index contributed by atoms with van der Waals surface area (Å²) in [5.74, 6) is 0. The highest BCUT2D eigenvalue weighted by Gasteiger charge is 2.34. The van der Waals surface area contributed by atoms with E-state index in [1.165, 1.54) is 16.0 Å². The van der Waals surface area contributed by atoms with Gasteiger partial charge in [-0.25, -0.2) is 4.79 Å². The van der Waals surface area contributed by atoms with Gasteiger partial charge in [-0.05, 0) is 36.6 Å². The number of thioether (sulfide) groups is 1. The zero-order valence-electron chi connectivity index (χ0n) is 12.5. The fourth-order valence-corrected chi connectivity index (χ4v) is 4.09. The van der Waals surface area contributed by atoms with Gasteiger partial charge < -0.3 is 10.1 Å². The van der Waals surface area contributed by atoms with E-state index in [-0.39, 0.29) is 17.4 Å². The third-order valence-corrected chi connectivity index (χ3v) is 5.13. The van der Waals surface area contributed by atoms with Crippen molar-refractivity contribution in [2.45, 2.75) is 29.5 Å². The number of hydrogen-bond acceptors (Lipinski definition) is 3. The SMILES string of the molecule is CCOC(=O)N[C@@H]1Cc2ccccc2[C@H]1Sc1ccccc1. The van der Waals surface area contributed by atoms with E-state index in [9.17, 15) is 4.79 Å². The van der Waals surface area contributed by atoms with Gasteiger partial charge in [0.2, 0.25) is 0 Å². The zero-order chi connectivity index (χ0) is 15.4. The van der Waals surface area contributed by atoms with Crippen LogP contribution in [0.4, 0.5) is 4.79 Å². The predicted octanol–water partition coefficient (Wildman–Crippen LogP) is 4.19. The van der Waals surface area contributed by atoms with Crippen molar-refractivity contribution in [3.63, 3.8) is 0 Å². The van der Waals surface area contributed by atoms with Crippen LogP contribution >= 0.6 is 11.8 Å². The Kier molecular flexibility index (Phi) is 4.68. The molecule has 1 N–H and O–H groups in total. The summed E-state index contributed by atoms with van der Waals surface area (Å²) in [6.45, 7) is 2.21. The molecule has 1 aliphatic rings. The normalized spacial score (nSPS) is 19.5. The summed E-state index contributed by atoms with van der Waals surface area (Å²) in [6.07, 6.45) is 0.512. The first kappa shape index (κ1) is 15.0. The molecular weight excluding hydrogens is 294 g/mol. The Hall–Kier alpha value is -1.94. The van der Waals surface area contributed by atoms with Crippen molar-refractivity contribution < 1.29 is 9.53 Å². The molecule has 0 aromatic heterocycles. The highest BCUT2D eigenvalue weighted by Crippen LogP contribution is 2.44. The maximum absolute atomic E-state index is 11.8. The second-order valence-electron chi connectivity index (χ2n) is 5.23. The van der Waals surface area contributed by atoms with Gasteiger partial charge in [-0.15, -0.1) is 11.8 Å². The fraction of sp³-hybridized carbons (Fsp3) is 0.278. The molecule has 0 heterocycles. The van der Waals surface area contributed by atoms with Crippen LogP contribution in [-0.2, 0) is 11.2 Å². The molecule has 2 aromatic rings. The third kappa shape index (κ3) is 3.28. The molecule has 0 bridgehead atoms. The maximum atomic E-state index is 11.8. The van der Waals surface area contributed by atoms with E-state index in [1.807, 2.05) is 25.1 Å². The summed E-state index contributed by atoms with van der Waals surface area (Å²) >= 11 is 1.79. The maximum Gasteiger partial charge on any atom is 0.407 e. The monoisotopic (exact) mass is 313 g/mol. The van der Waals surface area contributed by atoms with Gasteiger partial charge >= 0.3 is 6.09 Å². The highest BCUT2D eigenvalue weighted by molar-refractivity contribution is 7.99. The van der Waals surface area contributed by atoms with Gasteiger partial charge in [0.05, 0.1) is 17.9 Å². The topological polar surface area (TPSA) is 38.3 Å². The number of rotatable bonds is 4. The molecule has 1 amide bonds. The van der Waals surface area contributed by atoms with Crippen molar-refractivity contribution in [1.29, 1.82) is 0 Å². The number of carbonyl (C=O) groups excluding carboxylic acids is 1. The van der Waals surface area contributed by atoms with E-state index < -0.39 is 0 Å². The summed E-state index contributed by atoms with van der Waals surface area (Å²) in [6, 6.07) is 18.8. The van der Waals surface area contributed by atoms with Crippen LogP contribution in [-0.4, -0.2) is 18.7 Å². The van der Waals surface area contributed by atoms with Crippen LogP contribution < -0.4 is 5.32 Å². The third-order valence-electron chi connectivity index (χ3n) is 3.75. The number of alkyl carbamates (subject to hydrolysis) is 1. The molecule has 0 aliphatic heterocycles. The van der Waals surface area contributed by atoms with E-state index in [0.29, 0.717) is 6.61 Å². The molecule has 0 fully saturated rings. The minimum Gasteiger partial charge on any atom is -0.450 e. The van der Waals surface area contributed by atoms with Crippen LogP contribution in [0.3, 0.4) is 0 Å². The van der Waals surface area contributed by atoms with Crippen molar-refractivity contribution in [1.82, 2.24) is 5.32 Å². The highest BCUT2D eigenvalue weighted by atomic mass is 32.2. The van der Waals surface area contributed by atoms with Gasteiger partial charge in [0.15, 0.2) is 0 Å². The Bertz CT molecular complexity index is 645. The molecule has 114 valence electrons. The summed E-state index contributed by atoms with van der Waals surface area (Å²) in [5.41, 5.74) is 2.61. The standard InChI is InChI=1S/C18H19NO2S/c1-2-21-18(20)19-16-12-13-8-6-7-11-15(13)17(16)22-14-9-4-3-5-10-14/h3-11,16-17H,2,12H2,1H3,(H,19,20)/t16-,17-/m1/s1. The quantitative estimate of drug-likeness (QED) is 0.919. The van der Waals surface area contributed by atoms with Crippen LogP contribution in [0.1, 0.15) is 23.3 Å². The number of fused-ring (bicyclic) bond motifs is 1. The van der Waals surface area contributed by atoms with Crippen LogP contribution in [0, 0.1) is 0 Å². The molecule has 0 unspecified atom stereocenters. The van der Waals surface area contributed by atoms with Gasteiger partial charge in [0.1, 0.15) is 0 Å². The van der Waals surface area contributed by atoms with E-state index in [4.69, 9.17) is 4.74 Å². The Labute approximate surface area is 135 Å². The summed E-state index contributed by atoms with van der Waals surface area (Å²) in [5, 5.41) is 3.23. The number of carbonyl (C=O) groups is 1. The molecule has 0 saturated heterocycles. The van der Waals surface area contributed by atoms with Crippen LogP contribution in [0.2, 0.25) is 0 Å². The Morgan fingerprint density at radius 3 is 2.68 bits per heavy atom. The molecule has 2 aromatic carbocycles. The van der Waals surface area contributed by atoms with Crippen molar-refractivity contribution in [3.8, 4) is 0 Å². The Morgan fingerprint density at radius 1 is 1.18 bits per heavy atom. The molecule has 3 nitrogen and oxygen atoms in total. The number of benzene rings is 2. The van der Waals surface area contributed by atoms with E-state index in [1.54, 1.807) is 11.8 Å². The largest absolute Gasteiger partial charge is 0.450 e. The number of hydrogen-bond donors (Lipinski definition) is 1. The first-order valence-electron chi connectivity index (χ1n) is 7.50. The molecular formula is C18H19NO2S. The lowest BCUT2D eigenvalue weighted by atomic mass is 10.1. The lowest BCUT2D eigenvalue weighted by Gasteiger charge is -2.21. The smallest absolute Gasteiger partial charge is 0.407 e. The van der Waals surface area contributed by atoms with E-state index in [2.05, 4.69) is 41.7 Å². The van der Waals surface area contributed by atoms with Gasteiger partial charge in [-0.3, -0.25) is 0 Å². The van der Waals surface area contributed by atoms with Crippen molar-refractivity contribution >= 4 is 17.9 Å². The van der Waals surface area contributed by atoms with Gasteiger partial charge in [0, 0.05) is 4.90 Å². The molecule has 22 heavy (non-hydrogen) atoms. The van der Waals surface area contributed by atoms with E-state index >= 15 is 0 Å². The summed E-state index contributed by atoms with van der Waals surface area (Å²) in [7, 11) is 0. The van der Waals surface area contributed by atoms with Crippen molar-refractivity contribution in [2.24, 2.45) is 0 Å². The summed E-state index contributed by atoms with van der Waals surface area (Å²) < 4.78 is 5.04. The Morgan fingerprint density at radius 2 is 1.91 bits per heavy atom. The minimum atomic E-state index is -0.334. The average molecular weight is 313 g/mol. The van der Waals surface area contributed by atoms with E-state index in [0.717, 1.165) is 6.42 Å². The fourth-order valence-electron chi connectivity index (χ4n) is 2.80. The molecule has 0 spiro atoms. The molecule has 1 aliphatic carbocycles. The van der Waals surface area contributed by atoms with Crippen LogP contribution in [0.25, 0.3) is 0 Å². The second-order valence-corrected chi connectivity index (χ2v) is 6.44. The second kappa shape index (κ2) is 6.88. The first-order chi connectivity index (χ1) is 10.8. The number of amides is 1.